The van der Waals surface area contributed by atoms with E-state index in [1.807, 2.05) is 48.5 Å². The molecule has 2 amide bonds. The second kappa shape index (κ2) is 16.6. The van der Waals surface area contributed by atoms with E-state index in [0.29, 0.717) is 31.0 Å². The summed E-state index contributed by atoms with van der Waals surface area (Å²) in [5.74, 6) is -0.581. The van der Waals surface area contributed by atoms with Gasteiger partial charge in [0, 0.05) is 42.9 Å². The summed E-state index contributed by atoms with van der Waals surface area (Å²) in [6.45, 7) is 18.6. The molecule has 1 heterocycles. The first-order chi connectivity index (χ1) is 23.1. The maximum atomic E-state index is 14.9. The van der Waals surface area contributed by atoms with Gasteiger partial charge in [0.15, 0.2) is 5.16 Å². The minimum atomic E-state index is -3.61. The van der Waals surface area contributed by atoms with E-state index in [1.54, 1.807) is 69.2 Å². The summed E-state index contributed by atoms with van der Waals surface area (Å²) in [5.41, 5.74) is 0.377. The number of carbonyl (C=O) groups excluding carboxylic acids is 3. The number of hydrogen-bond donors (Lipinski definition) is 0. The number of ether oxygens (including phenoxy) is 3. The van der Waals surface area contributed by atoms with Crippen molar-refractivity contribution in [2.45, 2.75) is 117 Å². The SMILES string of the molecule is CCOP1(=O)CCN(Cc2ccccc2-c2ccccc2Cl)CC1(CCCCN(C(=O)OC(C)(C)C)C(=O)OC(C)(C)C)C(=O)OC(C)(C)C. The molecule has 1 aliphatic heterocycles. The molecular weight excluding hydrogens is 679 g/mol. The molecule has 2 aromatic rings. The standard InChI is InChI=1S/C38H56ClN2O8P/c1-11-46-50(45)25-24-40(26-28-18-12-13-19-29(28)30-20-14-15-21-31(30)39)27-38(50,32(42)47-35(2,3)4)22-16-17-23-41(33(43)48-36(5,6)7)34(44)49-37(8,9)10/h12-15,18-21H,11,16-17,22-27H2,1-10H3. The Kier molecular flexibility index (Phi) is 13.8. The topological polar surface area (TPSA) is 112 Å². The lowest BCUT2D eigenvalue weighted by molar-refractivity contribution is -0.160. The zero-order chi connectivity index (χ0) is 37.5. The van der Waals surface area contributed by atoms with E-state index in [9.17, 15) is 18.9 Å². The lowest BCUT2D eigenvalue weighted by Gasteiger charge is -2.46. The van der Waals surface area contributed by atoms with Gasteiger partial charge in [0.05, 0.1) is 6.61 Å². The monoisotopic (exact) mass is 734 g/mol. The Morgan fingerprint density at radius 3 is 1.90 bits per heavy atom. The van der Waals surface area contributed by atoms with E-state index < -0.39 is 47.5 Å². The van der Waals surface area contributed by atoms with Gasteiger partial charge in [-0.2, -0.15) is 0 Å². The molecule has 0 spiro atoms. The Hall–Kier alpha value is -2.91. The van der Waals surface area contributed by atoms with Gasteiger partial charge >= 0.3 is 18.2 Å². The summed E-state index contributed by atoms with van der Waals surface area (Å²) in [6.07, 6.45) is -0.703. The second-order valence-corrected chi connectivity index (χ2v) is 19.1. The van der Waals surface area contributed by atoms with Crippen molar-refractivity contribution in [2.75, 3.05) is 32.4 Å². The van der Waals surface area contributed by atoms with Crippen LogP contribution in [-0.4, -0.2) is 82.3 Å². The van der Waals surface area contributed by atoms with Gasteiger partial charge in [-0.25, -0.2) is 14.5 Å². The van der Waals surface area contributed by atoms with E-state index in [1.165, 1.54) is 0 Å². The molecule has 2 aromatic carbocycles. The number of amides is 2. The van der Waals surface area contributed by atoms with Gasteiger partial charge < -0.3 is 18.7 Å². The van der Waals surface area contributed by atoms with Crippen molar-refractivity contribution in [1.29, 1.82) is 0 Å². The molecular formula is C38H56ClN2O8P. The van der Waals surface area contributed by atoms with E-state index in [4.69, 9.17) is 30.3 Å². The summed E-state index contributed by atoms with van der Waals surface area (Å²) < 4.78 is 37.9. The lowest BCUT2D eigenvalue weighted by Crippen LogP contribution is -2.56. The number of nitrogens with zero attached hydrogens (tertiary/aromatic N) is 2. The highest BCUT2D eigenvalue weighted by Crippen LogP contribution is 2.64. The van der Waals surface area contributed by atoms with Gasteiger partial charge in [-0.15, -0.1) is 0 Å². The molecule has 50 heavy (non-hydrogen) atoms. The zero-order valence-corrected chi connectivity index (χ0v) is 33.1. The lowest BCUT2D eigenvalue weighted by atomic mass is 9.96. The zero-order valence-electron chi connectivity index (χ0n) is 31.5. The fraction of sp³-hybridized carbons (Fsp3) is 0.605. The maximum absolute atomic E-state index is 14.9. The molecule has 10 nitrogen and oxygen atoms in total. The number of hydrogen-bond acceptors (Lipinski definition) is 9. The van der Waals surface area contributed by atoms with Crippen LogP contribution in [0.25, 0.3) is 11.1 Å². The van der Waals surface area contributed by atoms with E-state index in [-0.39, 0.29) is 32.3 Å². The summed E-state index contributed by atoms with van der Waals surface area (Å²) in [4.78, 5) is 43.6. The van der Waals surface area contributed by atoms with Crippen LogP contribution in [0.15, 0.2) is 48.5 Å². The molecule has 0 saturated carbocycles. The van der Waals surface area contributed by atoms with Crippen LogP contribution < -0.4 is 0 Å². The Morgan fingerprint density at radius 1 is 0.820 bits per heavy atom. The quantitative estimate of drug-likeness (QED) is 0.0964. The number of unbranched alkanes of at least 4 members (excludes halogenated alkanes) is 1. The first kappa shape index (κ1) is 41.5. The predicted molar refractivity (Wildman–Crippen MR) is 198 cm³/mol. The number of imide groups is 1. The van der Waals surface area contributed by atoms with Crippen molar-refractivity contribution in [3.05, 3.63) is 59.1 Å². The van der Waals surface area contributed by atoms with E-state index in [2.05, 4.69) is 4.90 Å². The van der Waals surface area contributed by atoms with Crippen molar-refractivity contribution in [2.24, 2.45) is 0 Å². The summed E-state index contributed by atoms with van der Waals surface area (Å²) >= 11 is 6.60. The molecule has 0 aromatic heterocycles. The fourth-order valence-electron chi connectivity index (χ4n) is 5.92. The normalized spacial score (nSPS) is 20.2. The van der Waals surface area contributed by atoms with Crippen molar-refractivity contribution in [3.63, 3.8) is 0 Å². The largest absolute Gasteiger partial charge is 0.459 e. The Morgan fingerprint density at radius 2 is 1.36 bits per heavy atom. The second-order valence-electron chi connectivity index (χ2n) is 15.8. The van der Waals surface area contributed by atoms with Gasteiger partial charge in [0.1, 0.15) is 16.8 Å². The third kappa shape index (κ3) is 11.3. The third-order valence-corrected chi connectivity index (χ3v) is 11.6. The fourth-order valence-corrected chi connectivity index (χ4v) is 9.17. The van der Waals surface area contributed by atoms with Gasteiger partial charge in [-0.1, -0.05) is 54.1 Å². The third-order valence-electron chi connectivity index (χ3n) is 7.99. The molecule has 1 aliphatic rings. The van der Waals surface area contributed by atoms with Gasteiger partial charge in [-0.3, -0.25) is 14.3 Å². The molecule has 2 atom stereocenters. The van der Waals surface area contributed by atoms with Crippen LogP contribution in [0.5, 0.6) is 0 Å². The number of carbonyl (C=O) groups is 3. The highest BCUT2D eigenvalue weighted by molar-refractivity contribution is 7.62. The van der Waals surface area contributed by atoms with Crippen LogP contribution in [0.2, 0.25) is 5.02 Å². The minimum absolute atomic E-state index is 0.0257. The van der Waals surface area contributed by atoms with Gasteiger partial charge in [0.2, 0.25) is 7.37 Å². The summed E-state index contributed by atoms with van der Waals surface area (Å²) in [6, 6.07) is 15.6. The van der Waals surface area contributed by atoms with Crippen LogP contribution in [-0.2, 0) is 34.6 Å². The summed E-state index contributed by atoms with van der Waals surface area (Å²) in [5, 5.41) is -0.856. The highest BCUT2D eigenvalue weighted by atomic mass is 35.5. The minimum Gasteiger partial charge on any atom is -0.459 e. The van der Waals surface area contributed by atoms with E-state index in [0.717, 1.165) is 21.6 Å². The van der Waals surface area contributed by atoms with Crippen molar-refractivity contribution >= 4 is 37.1 Å². The van der Waals surface area contributed by atoms with Crippen LogP contribution in [0.3, 0.4) is 0 Å². The number of rotatable bonds is 11. The molecule has 2 unspecified atom stereocenters. The highest BCUT2D eigenvalue weighted by Gasteiger charge is 2.59. The molecule has 0 N–H and O–H groups in total. The average molecular weight is 735 g/mol. The molecule has 0 bridgehead atoms. The predicted octanol–water partition coefficient (Wildman–Crippen LogP) is 9.56. The number of halogens is 1. The van der Waals surface area contributed by atoms with Crippen molar-refractivity contribution in [3.8, 4) is 11.1 Å². The number of benzene rings is 2. The summed E-state index contributed by atoms with van der Waals surface area (Å²) in [7, 11) is -3.61. The van der Waals surface area contributed by atoms with Crippen molar-refractivity contribution < 1.29 is 37.7 Å². The average Bonchev–Trinajstić information content (AvgIpc) is 2.96. The molecule has 278 valence electrons. The first-order valence-corrected chi connectivity index (χ1v) is 19.5. The Balaban J connectivity index is 1.96. The van der Waals surface area contributed by atoms with E-state index >= 15 is 0 Å². The van der Waals surface area contributed by atoms with Crippen LogP contribution >= 0.6 is 19.0 Å². The van der Waals surface area contributed by atoms with Gasteiger partial charge in [-0.05, 0) is 106 Å². The maximum Gasteiger partial charge on any atom is 0.419 e. The molecule has 12 heteroatoms. The molecule has 1 fully saturated rings. The molecule has 3 rings (SSSR count). The Labute approximate surface area is 303 Å². The van der Waals surface area contributed by atoms with Crippen LogP contribution in [0, 0.1) is 0 Å². The molecule has 1 saturated heterocycles. The van der Waals surface area contributed by atoms with Crippen molar-refractivity contribution in [1.82, 2.24) is 9.80 Å². The van der Waals surface area contributed by atoms with Crippen LogP contribution in [0.4, 0.5) is 9.59 Å². The van der Waals surface area contributed by atoms with Crippen LogP contribution in [0.1, 0.15) is 94.1 Å². The number of esters is 1. The smallest absolute Gasteiger partial charge is 0.419 e. The molecule has 0 aliphatic carbocycles. The van der Waals surface area contributed by atoms with Gasteiger partial charge in [0.25, 0.3) is 0 Å². The Bertz CT molecular complexity index is 1520. The molecule has 0 radical (unpaired) electrons. The first-order valence-electron chi connectivity index (χ1n) is 17.4.